The Morgan fingerprint density at radius 1 is 1.18 bits per heavy atom. The van der Waals surface area contributed by atoms with Gasteiger partial charge in [-0.1, -0.05) is 37.1 Å². The number of rotatable bonds is 5. The van der Waals surface area contributed by atoms with E-state index in [1.54, 1.807) is 12.1 Å². The Morgan fingerprint density at radius 3 is 2.41 bits per heavy atom. The molecule has 1 aromatic carbocycles. The Bertz CT molecular complexity index is 334. The van der Waals surface area contributed by atoms with Crippen LogP contribution in [0.3, 0.4) is 0 Å². The predicted molar refractivity (Wildman–Crippen MR) is 61.6 cm³/mol. The van der Waals surface area contributed by atoms with Gasteiger partial charge >= 0.3 is 0 Å². The van der Waals surface area contributed by atoms with Gasteiger partial charge in [-0.15, -0.1) is 0 Å². The van der Waals surface area contributed by atoms with Crippen LogP contribution in [0, 0.1) is 0 Å². The first-order valence-electron chi connectivity index (χ1n) is 6.01. The average molecular weight is 241 g/mol. The molecule has 17 heavy (non-hydrogen) atoms. The molecule has 0 radical (unpaired) electrons. The summed E-state index contributed by atoms with van der Waals surface area (Å²) in [5.74, 6) is 0. The Kier molecular flexibility index (Phi) is 4.45. The lowest BCUT2D eigenvalue weighted by Gasteiger charge is -2.11. The van der Waals surface area contributed by atoms with Crippen LogP contribution < -0.4 is 5.48 Å². The molecule has 0 aliphatic heterocycles. The van der Waals surface area contributed by atoms with Gasteiger partial charge in [0, 0.05) is 12.1 Å². The zero-order chi connectivity index (χ0) is 12.1. The second kappa shape index (κ2) is 6.07. The van der Waals surface area contributed by atoms with Crippen molar-refractivity contribution < 1.29 is 13.6 Å². The molecule has 4 heteroatoms. The van der Waals surface area contributed by atoms with E-state index in [1.165, 1.54) is 25.0 Å². The van der Waals surface area contributed by atoms with Gasteiger partial charge < -0.3 is 0 Å². The van der Waals surface area contributed by atoms with E-state index in [0.717, 1.165) is 18.4 Å². The summed E-state index contributed by atoms with van der Waals surface area (Å²) in [7, 11) is 0. The standard InChI is InChI=1S/C13H17F2NO/c14-13(15)11-7-5-10(6-8-11)9-16-17-12-3-1-2-4-12/h5-8,12-13,16H,1-4,9H2. The fourth-order valence-corrected chi connectivity index (χ4v) is 2.03. The first-order chi connectivity index (χ1) is 8.25. The molecule has 0 amide bonds. The second-order valence-corrected chi connectivity index (χ2v) is 4.39. The van der Waals surface area contributed by atoms with Crippen molar-refractivity contribution in [3.05, 3.63) is 35.4 Å². The van der Waals surface area contributed by atoms with Crippen LogP contribution in [0.4, 0.5) is 8.78 Å². The van der Waals surface area contributed by atoms with Gasteiger partial charge in [0.2, 0.25) is 0 Å². The third-order valence-corrected chi connectivity index (χ3v) is 3.06. The highest BCUT2D eigenvalue weighted by Crippen LogP contribution is 2.20. The molecule has 1 aliphatic rings. The fourth-order valence-electron chi connectivity index (χ4n) is 2.03. The van der Waals surface area contributed by atoms with Crippen molar-refractivity contribution in [1.82, 2.24) is 5.48 Å². The summed E-state index contributed by atoms with van der Waals surface area (Å²) >= 11 is 0. The van der Waals surface area contributed by atoms with Crippen LogP contribution in [-0.4, -0.2) is 6.10 Å². The van der Waals surface area contributed by atoms with Crippen molar-refractivity contribution in [2.45, 2.75) is 44.8 Å². The smallest absolute Gasteiger partial charge is 0.263 e. The largest absolute Gasteiger partial charge is 0.298 e. The maximum absolute atomic E-state index is 12.3. The number of nitrogens with one attached hydrogen (secondary N) is 1. The quantitative estimate of drug-likeness (QED) is 0.795. The summed E-state index contributed by atoms with van der Waals surface area (Å²) in [4.78, 5) is 5.49. The highest BCUT2D eigenvalue weighted by Gasteiger charge is 2.15. The average Bonchev–Trinajstić information content (AvgIpc) is 2.83. The van der Waals surface area contributed by atoms with Crippen molar-refractivity contribution in [2.24, 2.45) is 0 Å². The van der Waals surface area contributed by atoms with Crippen LogP contribution in [-0.2, 0) is 11.4 Å². The van der Waals surface area contributed by atoms with Crippen molar-refractivity contribution >= 4 is 0 Å². The van der Waals surface area contributed by atoms with Crippen molar-refractivity contribution in [1.29, 1.82) is 0 Å². The topological polar surface area (TPSA) is 21.3 Å². The van der Waals surface area contributed by atoms with Crippen LogP contribution in [0.15, 0.2) is 24.3 Å². The van der Waals surface area contributed by atoms with Gasteiger partial charge in [-0.2, -0.15) is 5.48 Å². The maximum Gasteiger partial charge on any atom is 0.263 e. The van der Waals surface area contributed by atoms with Gasteiger partial charge in [0.25, 0.3) is 6.43 Å². The molecular weight excluding hydrogens is 224 g/mol. The molecule has 0 saturated heterocycles. The minimum absolute atomic E-state index is 0.0606. The molecule has 0 atom stereocenters. The number of halogens is 2. The Morgan fingerprint density at radius 2 is 1.82 bits per heavy atom. The molecule has 2 rings (SSSR count). The molecule has 1 fully saturated rings. The van der Waals surface area contributed by atoms with E-state index >= 15 is 0 Å². The van der Waals surface area contributed by atoms with Crippen molar-refractivity contribution in [2.75, 3.05) is 0 Å². The van der Waals surface area contributed by atoms with E-state index in [0.29, 0.717) is 12.6 Å². The van der Waals surface area contributed by atoms with Crippen LogP contribution in [0.5, 0.6) is 0 Å². The van der Waals surface area contributed by atoms with Crippen LogP contribution >= 0.6 is 0 Å². The van der Waals surface area contributed by atoms with Gasteiger partial charge in [-0.05, 0) is 18.4 Å². The molecule has 0 spiro atoms. The van der Waals surface area contributed by atoms with E-state index in [2.05, 4.69) is 5.48 Å². The summed E-state index contributed by atoms with van der Waals surface area (Å²) in [6, 6.07) is 6.31. The predicted octanol–water partition coefficient (Wildman–Crippen LogP) is 3.59. The first kappa shape index (κ1) is 12.5. The Hall–Kier alpha value is -1.00. The maximum atomic E-state index is 12.3. The second-order valence-electron chi connectivity index (χ2n) is 4.39. The van der Waals surface area contributed by atoms with Crippen LogP contribution in [0.2, 0.25) is 0 Å². The molecule has 0 unspecified atom stereocenters. The van der Waals surface area contributed by atoms with Crippen LogP contribution in [0.25, 0.3) is 0 Å². The zero-order valence-electron chi connectivity index (χ0n) is 9.66. The highest BCUT2D eigenvalue weighted by molar-refractivity contribution is 5.22. The van der Waals surface area contributed by atoms with E-state index < -0.39 is 6.43 Å². The molecule has 1 aliphatic carbocycles. The van der Waals surface area contributed by atoms with E-state index in [9.17, 15) is 8.78 Å². The molecule has 1 saturated carbocycles. The normalized spacial score (nSPS) is 16.9. The molecule has 94 valence electrons. The highest BCUT2D eigenvalue weighted by atomic mass is 19.3. The fraction of sp³-hybridized carbons (Fsp3) is 0.538. The SMILES string of the molecule is FC(F)c1ccc(CNOC2CCCC2)cc1. The summed E-state index contributed by atoms with van der Waals surface area (Å²) < 4.78 is 24.6. The third-order valence-electron chi connectivity index (χ3n) is 3.06. The van der Waals surface area contributed by atoms with E-state index in [-0.39, 0.29) is 5.56 Å². The van der Waals surface area contributed by atoms with Crippen molar-refractivity contribution in [3.8, 4) is 0 Å². The summed E-state index contributed by atoms with van der Waals surface area (Å²) in [6.45, 7) is 0.556. The Balaban J connectivity index is 1.74. The molecule has 0 heterocycles. The van der Waals surface area contributed by atoms with Gasteiger partial charge in [0.05, 0.1) is 6.10 Å². The molecule has 0 bridgehead atoms. The zero-order valence-corrected chi connectivity index (χ0v) is 9.66. The number of hydrogen-bond acceptors (Lipinski definition) is 2. The van der Waals surface area contributed by atoms with E-state index in [1.807, 2.05) is 0 Å². The van der Waals surface area contributed by atoms with Gasteiger partial charge in [-0.25, -0.2) is 8.78 Å². The van der Waals surface area contributed by atoms with Gasteiger partial charge in [0.1, 0.15) is 0 Å². The molecule has 1 aromatic rings. The van der Waals surface area contributed by atoms with Crippen LogP contribution in [0.1, 0.15) is 43.2 Å². The van der Waals surface area contributed by atoms with Crippen molar-refractivity contribution in [3.63, 3.8) is 0 Å². The lowest BCUT2D eigenvalue weighted by molar-refractivity contribution is -0.0244. The summed E-state index contributed by atoms with van der Waals surface area (Å²) in [6.07, 6.45) is 2.60. The third kappa shape index (κ3) is 3.75. The summed E-state index contributed by atoms with van der Waals surface area (Å²) in [5.41, 5.74) is 3.92. The van der Waals surface area contributed by atoms with Gasteiger partial charge in [0.15, 0.2) is 0 Å². The molecule has 2 nitrogen and oxygen atoms in total. The number of alkyl halides is 2. The minimum atomic E-state index is -2.40. The lowest BCUT2D eigenvalue weighted by atomic mass is 10.1. The Labute approximate surface area is 99.9 Å². The number of hydrogen-bond donors (Lipinski definition) is 1. The van der Waals surface area contributed by atoms with E-state index in [4.69, 9.17) is 4.84 Å². The molecule has 0 aromatic heterocycles. The first-order valence-corrected chi connectivity index (χ1v) is 6.01. The number of benzene rings is 1. The number of hydroxylamine groups is 1. The minimum Gasteiger partial charge on any atom is -0.298 e. The monoisotopic (exact) mass is 241 g/mol. The summed E-state index contributed by atoms with van der Waals surface area (Å²) in [5, 5.41) is 0. The lowest BCUT2D eigenvalue weighted by Crippen LogP contribution is -2.21. The van der Waals surface area contributed by atoms with Gasteiger partial charge in [-0.3, -0.25) is 4.84 Å². The molecular formula is C13H17F2NO. The molecule has 1 N–H and O–H groups in total.